The van der Waals surface area contributed by atoms with E-state index in [4.69, 9.17) is 9.47 Å². The fraction of sp³-hybridized carbons (Fsp3) is 0.414. The number of nitrogens with zero attached hydrogens (tertiary/aromatic N) is 2. The lowest BCUT2D eigenvalue weighted by molar-refractivity contribution is -0.136. The second-order valence-electron chi connectivity index (χ2n) is 9.31. The van der Waals surface area contributed by atoms with Gasteiger partial charge in [0.05, 0.1) is 31.9 Å². The van der Waals surface area contributed by atoms with E-state index in [0.29, 0.717) is 32.0 Å². The Balaban J connectivity index is 1.35. The molecule has 0 bridgehead atoms. The lowest BCUT2D eigenvalue weighted by atomic mass is 10.0. The molecule has 0 radical (unpaired) electrons. The van der Waals surface area contributed by atoms with Gasteiger partial charge in [-0.15, -0.1) is 11.3 Å². The highest BCUT2D eigenvalue weighted by atomic mass is 32.1. The van der Waals surface area contributed by atoms with Crippen LogP contribution in [0.5, 0.6) is 5.75 Å². The molecule has 1 N–H and O–H groups in total. The highest BCUT2D eigenvalue weighted by Crippen LogP contribution is 2.34. The van der Waals surface area contributed by atoms with E-state index >= 15 is 0 Å². The molecule has 0 aliphatic carbocycles. The first-order valence-electron chi connectivity index (χ1n) is 12.8. The smallest absolute Gasteiger partial charge is 0.237 e. The summed E-state index contributed by atoms with van der Waals surface area (Å²) in [6.45, 7) is 4.82. The fourth-order valence-corrected chi connectivity index (χ4v) is 5.61. The number of amides is 1. The Bertz CT molecular complexity index is 1130. The Kier molecular flexibility index (Phi) is 10.1. The van der Waals surface area contributed by atoms with Crippen molar-refractivity contribution in [2.45, 2.75) is 38.5 Å². The molecule has 37 heavy (non-hydrogen) atoms. The van der Waals surface area contributed by atoms with E-state index in [9.17, 15) is 14.3 Å². The lowest BCUT2D eigenvalue weighted by Gasteiger charge is -2.37. The zero-order valence-electron chi connectivity index (χ0n) is 21.2. The summed E-state index contributed by atoms with van der Waals surface area (Å²) in [7, 11) is 0. The van der Waals surface area contributed by atoms with Crippen molar-refractivity contribution in [2.24, 2.45) is 0 Å². The highest BCUT2D eigenvalue weighted by Gasteiger charge is 2.33. The van der Waals surface area contributed by atoms with Gasteiger partial charge in [-0.25, -0.2) is 4.39 Å². The fourth-order valence-electron chi connectivity index (χ4n) is 4.68. The van der Waals surface area contributed by atoms with Gasteiger partial charge < -0.3 is 19.5 Å². The summed E-state index contributed by atoms with van der Waals surface area (Å²) < 4.78 is 25.3. The van der Waals surface area contributed by atoms with Gasteiger partial charge in [0, 0.05) is 24.0 Å². The van der Waals surface area contributed by atoms with Crippen LogP contribution in [0.25, 0.3) is 0 Å². The molecule has 0 saturated heterocycles. The van der Waals surface area contributed by atoms with Crippen molar-refractivity contribution in [1.29, 1.82) is 0 Å². The van der Waals surface area contributed by atoms with Crippen molar-refractivity contribution in [3.05, 3.63) is 87.9 Å². The van der Waals surface area contributed by atoms with Crippen LogP contribution in [0.2, 0.25) is 0 Å². The minimum Gasteiger partial charge on any atom is -0.491 e. The van der Waals surface area contributed by atoms with Crippen molar-refractivity contribution in [3.63, 3.8) is 0 Å². The van der Waals surface area contributed by atoms with Gasteiger partial charge in [0.2, 0.25) is 5.91 Å². The van der Waals surface area contributed by atoms with Gasteiger partial charge in [0.1, 0.15) is 18.2 Å². The first-order valence-corrected chi connectivity index (χ1v) is 13.7. The highest BCUT2D eigenvalue weighted by molar-refractivity contribution is 7.10. The van der Waals surface area contributed by atoms with Crippen LogP contribution in [-0.2, 0) is 22.6 Å². The molecular formula is C29H35FN2O4S. The number of ether oxygens (including phenoxy) is 2. The third-order valence-electron chi connectivity index (χ3n) is 6.41. The van der Waals surface area contributed by atoms with E-state index < -0.39 is 6.10 Å². The molecule has 3 aromatic rings. The van der Waals surface area contributed by atoms with E-state index in [2.05, 4.69) is 13.0 Å². The summed E-state index contributed by atoms with van der Waals surface area (Å²) in [5.74, 6) is 0.0864. The Morgan fingerprint density at radius 2 is 2.05 bits per heavy atom. The quantitative estimate of drug-likeness (QED) is 0.350. The minimum absolute atomic E-state index is 0.00412. The number of carbonyl (C=O) groups is 1. The topological polar surface area (TPSA) is 62.2 Å². The van der Waals surface area contributed by atoms with Crippen molar-refractivity contribution >= 4 is 17.2 Å². The van der Waals surface area contributed by atoms with Crippen LogP contribution in [0.15, 0.2) is 66.0 Å². The number of hydrogen-bond donors (Lipinski definition) is 1. The zero-order valence-corrected chi connectivity index (χ0v) is 22.0. The first-order chi connectivity index (χ1) is 18.0. The second-order valence-corrected chi connectivity index (χ2v) is 10.3. The molecule has 1 aliphatic rings. The molecule has 2 atom stereocenters. The lowest BCUT2D eigenvalue weighted by Crippen LogP contribution is -2.48. The van der Waals surface area contributed by atoms with Crippen LogP contribution in [-0.4, -0.2) is 66.3 Å². The molecule has 0 saturated carbocycles. The Labute approximate surface area is 222 Å². The maximum atomic E-state index is 13.6. The summed E-state index contributed by atoms with van der Waals surface area (Å²) >= 11 is 1.69. The average Bonchev–Trinajstić information content (AvgIpc) is 3.37. The summed E-state index contributed by atoms with van der Waals surface area (Å²) in [6, 6.07) is 17.7. The van der Waals surface area contributed by atoms with Crippen LogP contribution in [0, 0.1) is 5.82 Å². The Morgan fingerprint density at radius 3 is 2.84 bits per heavy atom. The number of fused-ring (bicyclic) bond motifs is 1. The van der Waals surface area contributed by atoms with Crippen molar-refractivity contribution in [2.75, 3.05) is 39.4 Å². The van der Waals surface area contributed by atoms with Crippen LogP contribution < -0.4 is 4.74 Å². The van der Waals surface area contributed by atoms with Crippen LogP contribution in [0.4, 0.5) is 4.39 Å². The summed E-state index contributed by atoms with van der Waals surface area (Å²) in [6.07, 6.45) is 0.977. The maximum absolute atomic E-state index is 13.6. The zero-order chi connectivity index (χ0) is 26.0. The third kappa shape index (κ3) is 7.85. The van der Waals surface area contributed by atoms with Gasteiger partial charge in [-0.3, -0.25) is 9.69 Å². The molecule has 0 fully saturated rings. The number of thiophene rings is 1. The number of carbonyl (C=O) groups excluding carboxylic acids is 1. The molecule has 0 spiro atoms. The van der Waals surface area contributed by atoms with Gasteiger partial charge in [0.25, 0.3) is 0 Å². The standard InChI is InChI=1S/C29H35FN2O4S/c1-2-13-31(17-24(33)20-35-19-22-7-4-3-5-8-22)18-29(34)32-14-11-28-26(12-15-37-28)27(32)21-36-25-10-6-9-23(30)16-25/h3-10,12,15-16,24,27,33H,2,11,13-14,17-21H2,1H3/t24-,27-/m0/s1. The number of benzene rings is 2. The number of aliphatic hydroxyl groups is 1. The number of hydrogen-bond acceptors (Lipinski definition) is 6. The largest absolute Gasteiger partial charge is 0.491 e. The molecule has 2 aromatic carbocycles. The van der Waals surface area contributed by atoms with Gasteiger partial charge in [-0.2, -0.15) is 0 Å². The predicted molar refractivity (Wildman–Crippen MR) is 143 cm³/mol. The normalized spacial score (nSPS) is 16.0. The molecule has 4 rings (SSSR count). The molecule has 198 valence electrons. The molecule has 1 aliphatic heterocycles. The van der Waals surface area contributed by atoms with Gasteiger partial charge in [-0.05, 0) is 54.1 Å². The Hall–Kier alpha value is -2.78. The van der Waals surface area contributed by atoms with Crippen molar-refractivity contribution in [3.8, 4) is 5.75 Å². The van der Waals surface area contributed by atoms with Gasteiger partial charge in [-0.1, -0.05) is 43.3 Å². The Morgan fingerprint density at radius 1 is 1.22 bits per heavy atom. The summed E-state index contributed by atoms with van der Waals surface area (Å²) in [5.41, 5.74) is 2.15. The average molecular weight is 527 g/mol. The third-order valence-corrected chi connectivity index (χ3v) is 7.41. The van der Waals surface area contributed by atoms with E-state index in [0.717, 1.165) is 24.0 Å². The summed E-state index contributed by atoms with van der Waals surface area (Å²) in [4.78, 5) is 18.7. The number of aliphatic hydroxyl groups excluding tert-OH is 1. The van der Waals surface area contributed by atoms with E-state index in [1.54, 1.807) is 23.5 Å². The SMILES string of the molecule is CCCN(CC(=O)N1CCc2sccc2[C@@H]1COc1cccc(F)c1)C[C@H](O)COCc1ccccc1. The van der Waals surface area contributed by atoms with E-state index in [1.807, 2.05) is 45.5 Å². The summed E-state index contributed by atoms with van der Waals surface area (Å²) in [5, 5.41) is 12.6. The molecule has 8 heteroatoms. The first kappa shape index (κ1) is 27.3. The molecule has 6 nitrogen and oxygen atoms in total. The number of rotatable bonds is 13. The van der Waals surface area contributed by atoms with Gasteiger partial charge in [0.15, 0.2) is 0 Å². The maximum Gasteiger partial charge on any atom is 0.237 e. The minimum atomic E-state index is -0.694. The predicted octanol–water partition coefficient (Wildman–Crippen LogP) is 4.68. The molecule has 0 unspecified atom stereocenters. The van der Waals surface area contributed by atoms with Gasteiger partial charge >= 0.3 is 0 Å². The van der Waals surface area contributed by atoms with Crippen molar-refractivity contribution < 1.29 is 23.8 Å². The number of halogens is 1. The molecule has 1 aromatic heterocycles. The molecule has 2 heterocycles. The second kappa shape index (κ2) is 13.7. The van der Waals surface area contributed by atoms with E-state index in [1.165, 1.54) is 17.0 Å². The molecule has 1 amide bonds. The molecular weight excluding hydrogens is 491 g/mol. The monoisotopic (exact) mass is 526 g/mol. The van der Waals surface area contributed by atoms with Crippen LogP contribution >= 0.6 is 11.3 Å². The van der Waals surface area contributed by atoms with Crippen molar-refractivity contribution in [1.82, 2.24) is 9.80 Å². The van der Waals surface area contributed by atoms with Crippen LogP contribution in [0.1, 0.15) is 35.4 Å². The van der Waals surface area contributed by atoms with E-state index in [-0.39, 0.29) is 37.5 Å². The van der Waals surface area contributed by atoms with Crippen LogP contribution in [0.3, 0.4) is 0 Å².